The Morgan fingerprint density at radius 1 is 0.944 bits per heavy atom. The molecular formula is C48H73N11O12. The summed E-state index contributed by atoms with van der Waals surface area (Å²) in [7, 11) is 1.39. The number of esters is 1. The van der Waals surface area contributed by atoms with Crippen molar-refractivity contribution in [1.29, 1.82) is 5.41 Å². The fourth-order valence-electron chi connectivity index (χ4n) is 8.74. The summed E-state index contributed by atoms with van der Waals surface area (Å²) in [6, 6.07) is -3.18. The number of nitrogens with one attached hydrogen (secondary N) is 8. The number of likely N-dealkylation sites (N-methyl/N-ethyl adjacent to an activating group) is 1. The van der Waals surface area contributed by atoms with Gasteiger partial charge in [-0.2, -0.15) is 0 Å². The van der Waals surface area contributed by atoms with Gasteiger partial charge >= 0.3 is 11.9 Å². The van der Waals surface area contributed by atoms with E-state index in [0.717, 1.165) is 22.2 Å². The molecule has 2 saturated heterocycles. The second-order valence-electron chi connectivity index (χ2n) is 18.8. The van der Waals surface area contributed by atoms with Crippen molar-refractivity contribution < 1.29 is 58.1 Å². The van der Waals surface area contributed by atoms with E-state index in [1.807, 2.05) is 31.2 Å². The van der Waals surface area contributed by atoms with E-state index in [0.29, 0.717) is 24.8 Å². The Labute approximate surface area is 413 Å². The van der Waals surface area contributed by atoms with Crippen molar-refractivity contribution in [2.24, 2.45) is 17.6 Å². The molecule has 2 aromatic rings. The number of fused-ring (bicyclic) bond motifs is 3. The highest BCUT2D eigenvalue weighted by molar-refractivity contribution is 5.99. The number of aliphatic hydroxyl groups is 1. The van der Waals surface area contributed by atoms with Gasteiger partial charge in [-0.1, -0.05) is 72.1 Å². The summed E-state index contributed by atoms with van der Waals surface area (Å²) in [6.07, 6.45) is -0.270. The number of hydrogen-bond acceptors (Lipinski definition) is 12. The first kappa shape index (κ1) is 56.8. The molecule has 12 N–H and O–H groups in total. The molecule has 3 heterocycles. The zero-order chi connectivity index (χ0) is 52.7. The molecule has 392 valence electrons. The number of carboxylic acid groups (broad SMARTS) is 1. The van der Waals surface area contributed by atoms with Crippen molar-refractivity contribution in [1.82, 2.24) is 46.7 Å². The molecule has 1 aromatic carbocycles. The number of hydrogen-bond donors (Lipinski definition) is 11. The molecule has 23 heteroatoms. The predicted octanol–water partition coefficient (Wildman–Crippen LogP) is 0.236. The van der Waals surface area contributed by atoms with Crippen LogP contribution < -0.4 is 37.6 Å². The number of para-hydroxylation sites is 1. The van der Waals surface area contributed by atoms with Crippen molar-refractivity contribution in [2.45, 2.75) is 167 Å². The van der Waals surface area contributed by atoms with Gasteiger partial charge in [-0.3, -0.25) is 43.8 Å². The van der Waals surface area contributed by atoms with Gasteiger partial charge < -0.3 is 67.4 Å². The first-order chi connectivity index (χ1) is 33.6. The molecule has 2 bridgehead atoms. The van der Waals surface area contributed by atoms with Crippen LogP contribution in [0.3, 0.4) is 0 Å². The number of piperidine rings is 1. The molecule has 0 aliphatic carbocycles. The number of carbonyl (C=O) groups excluding carboxylic acids is 8. The van der Waals surface area contributed by atoms with E-state index < -0.39 is 126 Å². The van der Waals surface area contributed by atoms with Crippen molar-refractivity contribution in [3.8, 4) is 0 Å². The van der Waals surface area contributed by atoms with Crippen LogP contribution in [0, 0.1) is 17.2 Å². The van der Waals surface area contributed by atoms with E-state index in [9.17, 15) is 48.6 Å². The van der Waals surface area contributed by atoms with Gasteiger partial charge in [-0.25, -0.2) is 4.79 Å². The van der Waals surface area contributed by atoms with E-state index in [-0.39, 0.29) is 51.0 Å². The maximum absolute atomic E-state index is 15.0. The van der Waals surface area contributed by atoms with Crippen LogP contribution in [0.5, 0.6) is 0 Å². The highest BCUT2D eigenvalue weighted by Gasteiger charge is 2.47. The summed E-state index contributed by atoms with van der Waals surface area (Å²) < 4.78 is 5.86. The first-order valence-electron chi connectivity index (χ1n) is 24.4. The Bertz CT molecular complexity index is 2250. The third kappa shape index (κ3) is 15.4. The molecule has 2 aliphatic rings. The second-order valence-corrected chi connectivity index (χ2v) is 18.8. The minimum Gasteiger partial charge on any atom is -0.481 e. The molecule has 0 saturated carbocycles. The maximum Gasteiger partial charge on any atom is 0.329 e. The molecule has 4 rings (SSSR count). The van der Waals surface area contributed by atoms with Gasteiger partial charge in [0.25, 0.3) is 0 Å². The lowest BCUT2D eigenvalue weighted by molar-refractivity contribution is -0.168. The number of carbonyl (C=O) groups is 9. The highest BCUT2D eigenvalue weighted by Crippen LogP contribution is 2.28. The normalized spacial score (nSPS) is 24.9. The number of aliphatic hydroxyl groups excluding tert-OH is 1. The average Bonchev–Trinajstić information content (AvgIpc) is 3.73. The molecule has 2 aliphatic heterocycles. The van der Waals surface area contributed by atoms with E-state index in [1.165, 1.54) is 18.9 Å². The minimum atomic E-state index is -1.87. The topological polar surface area (TPSA) is 348 Å². The van der Waals surface area contributed by atoms with E-state index in [4.69, 9.17) is 15.9 Å². The third-order valence-corrected chi connectivity index (χ3v) is 13.1. The van der Waals surface area contributed by atoms with E-state index >= 15 is 4.79 Å². The summed E-state index contributed by atoms with van der Waals surface area (Å²) in [5.41, 5.74) is 6.86. The van der Waals surface area contributed by atoms with Crippen molar-refractivity contribution in [2.75, 3.05) is 13.6 Å². The van der Waals surface area contributed by atoms with Crippen LogP contribution in [-0.2, 0) is 54.3 Å². The standard InChI is InChI=1S/C48H73N11O12/c1-8-10-11-18-35(60)53-33(23-37(62)63)42(65)57-39-27(6)71-47(70)38(25(3)4)56-43(66)34(22-28-24-52-30-16-13-12-15-29(28)30)58(7)46(69)40(26(5)9-2)59-36(61)20-19-32(45(59)68)55-41(64)31(54-44(39)67)17-14-21-51-48(49)50/h12-13,15-16,24-27,31-34,36,38-40,52,61H,8-11,14,17-23H2,1-7H3,(H,53,60)(H,54,67)(H,55,64)(H,56,66)(H,57,65)(H,62,63)(H4,49,50,51)/t26-,27+,31-,32-,33-,34-,36+,38-,39-,40-/m0/s1. The SMILES string of the molecule is CCCCCC(=O)N[C@@H](CC(=O)O)C(=O)N[C@@H]1C(=O)N[C@@H](CCCNC(=N)N)C(=O)N[C@H]2CC[C@@H](O)N(C2=O)[C@@H]([C@@H](C)CC)C(=O)N(C)[C@@H](Cc2c[nH]c3ccccc23)C(=O)N[C@@H](C(C)C)C(=O)O[C@@H]1C. The number of benzene rings is 1. The van der Waals surface area contributed by atoms with Crippen LogP contribution in [-0.4, -0.2) is 152 Å². The van der Waals surface area contributed by atoms with Crippen LogP contribution in [0.2, 0.25) is 0 Å². The van der Waals surface area contributed by atoms with Crippen LogP contribution in [0.1, 0.15) is 111 Å². The van der Waals surface area contributed by atoms with E-state index in [1.54, 1.807) is 33.9 Å². The summed E-state index contributed by atoms with van der Waals surface area (Å²) in [5, 5.41) is 45.0. The fraction of sp³-hybridized carbons (Fsp3) is 0.625. The summed E-state index contributed by atoms with van der Waals surface area (Å²) in [6.45, 7) is 9.99. The van der Waals surface area contributed by atoms with Crippen LogP contribution in [0.15, 0.2) is 30.5 Å². The van der Waals surface area contributed by atoms with Gasteiger partial charge in [0.05, 0.1) is 6.42 Å². The number of rotatable bonds is 18. The minimum absolute atomic E-state index is 0.0160. The van der Waals surface area contributed by atoms with Crippen LogP contribution >= 0.6 is 0 Å². The number of nitrogens with zero attached hydrogens (tertiary/aromatic N) is 2. The lowest BCUT2D eigenvalue weighted by Gasteiger charge is -2.44. The molecule has 0 radical (unpaired) electrons. The fourth-order valence-corrected chi connectivity index (χ4v) is 8.74. The number of carboxylic acids is 1. The van der Waals surface area contributed by atoms with Crippen molar-refractivity contribution in [3.63, 3.8) is 0 Å². The van der Waals surface area contributed by atoms with E-state index in [2.05, 4.69) is 36.9 Å². The Hall–Kier alpha value is -6.78. The molecule has 0 spiro atoms. The number of aromatic amines is 1. The van der Waals surface area contributed by atoms with Gasteiger partial charge in [-0.15, -0.1) is 0 Å². The lowest BCUT2D eigenvalue weighted by atomic mass is 9.91. The summed E-state index contributed by atoms with van der Waals surface area (Å²) >= 11 is 0. The molecule has 0 unspecified atom stereocenters. The number of guanidine groups is 1. The number of unbranched alkanes of at least 4 members (excludes halogenated alkanes) is 2. The first-order valence-corrected chi connectivity index (χ1v) is 24.4. The van der Waals surface area contributed by atoms with Gasteiger partial charge in [0.15, 0.2) is 5.96 Å². The zero-order valence-electron chi connectivity index (χ0n) is 41.7. The second kappa shape index (κ2) is 26.4. The summed E-state index contributed by atoms with van der Waals surface area (Å²) in [5.74, 6) is -10.2. The number of H-pyrrole nitrogens is 1. The van der Waals surface area contributed by atoms with Crippen LogP contribution in [0.25, 0.3) is 10.9 Å². The van der Waals surface area contributed by atoms with Crippen LogP contribution in [0.4, 0.5) is 0 Å². The molecule has 7 amide bonds. The Balaban J connectivity index is 1.87. The predicted molar refractivity (Wildman–Crippen MR) is 259 cm³/mol. The number of aliphatic carboxylic acids is 1. The molecule has 71 heavy (non-hydrogen) atoms. The quantitative estimate of drug-likeness (QED) is 0.0413. The monoisotopic (exact) mass is 996 g/mol. The van der Waals surface area contributed by atoms with Gasteiger partial charge in [0.2, 0.25) is 41.4 Å². The zero-order valence-corrected chi connectivity index (χ0v) is 41.7. The number of ether oxygens (including phenoxy) is 1. The number of cyclic esters (lactones) is 1. The van der Waals surface area contributed by atoms with Crippen molar-refractivity contribution >= 4 is 70.2 Å². The average molecular weight is 996 g/mol. The lowest BCUT2D eigenvalue weighted by Crippen LogP contribution is -2.66. The smallest absolute Gasteiger partial charge is 0.329 e. The molecule has 2 fully saturated rings. The van der Waals surface area contributed by atoms with Gasteiger partial charge in [0.1, 0.15) is 54.6 Å². The number of nitrogens with two attached hydrogens (primary N) is 1. The molecule has 1 aromatic heterocycles. The Morgan fingerprint density at radius 2 is 1.65 bits per heavy atom. The Kier molecular flexibility index (Phi) is 21.1. The molecule has 10 atom stereocenters. The van der Waals surface area contributed by atoms with Gasteiger partial charge in [0, 0.05) is 43.5 Å². The number of amides is 7. The highest BCUT2D eigenvalue weighted by atomic mass is 16.5. The Morgan fingerprint density at radius 3 is 2.30 bits per heavy atom. The van der Waals surface area contributed by atoms with Gasteiger partial charge in [-0.05, 0) is 62.5 Å². The summed E-state index contributed by atoms with van der Waals surface area (Å²) in [4.78, 5) is 132. The van der Waals surface area contributed by atoms with Crippen molar-refractivity contribution in [3.05, 3.63) is 36.0 Å². The molecular weight excluding hydrogens is 923 g/mol. The largest absolute Gasteiger partial charge is 0.481 e. The molecule has 23 nitrogen and oxygen atoms in total. The number of aromatic nitrogens is 1. The maximum atomic E-state index is 15.0. The third-order valence-electron chi connectivity index (χ3n) is 13.1.